The van der Waals surface area contributed by atoms with Crippen LogP contribution in [0, 0.1) is 5.41 Å². The van der Waals surface area contributed by atoms with E-state index in [9.17, 15) is 4.79 Å². The lowest BCUT2D eigenvalue weighted by molar-refractivity contribution is -0.114. The maximum absolute atomic E-state index is 11.9. The predicted molar refractivity (Wildman–Crippen MR) is 107 cm³/mol. The molecule has 0 aromatic carbocycles. The second kappa shape index (κ2) is 6.95. The summed E-state index contributed by atoms with van der Waals surface area (Å²) in [4.78, 5) is 11.9. The second-order valence-corrected chi connectivity index (χ2v) is 14.8. The molecule has 1 rings (SSSR count). The SMILES string of the molecule is C=C(B1OC(C)(C)C(C)(C)O1)C(C)(C=O)CCO[Si](C)(C)C(C)(C)C. The maximum atomic E-state index is 11.9. The van der Waals surface area contributed by atoms with Gasteiger partial charge in [-0.1, -0.05) is 20.8 Å². The predicted octanol–water partition coefficient (Wildman–Crippen LogP) is 4.79. The fraction of sp³-hybridized carbons (Fsp3) is 0.842. The molecule has 0 spiro atoms. The summed E-state index contributed by atoms with van der Waals surface area (Å²) in [5.41, 5.74) is -0.951. The van der Waals surface area contributed by atoms with Gasteiger partial charge in [0.2, 0.25) is 0 Å². The van der Waals surface area contributed by atoms with E-state index in [0.29, 0.717) is 18.5 Å². The van der Waals surface area contributed by atoms with Gasteiger partial charge in [0.25, 0.3) is 0 Å². The summed E-state index contributed by atoms with van der Waals surface area (Å²) in [6.07, 6.45) is 1.53. The Morgan fingerprint density at radius 3 is 1.92 bits per heavy atom. The molecule has 0 bridgehead atoms. The first-order valence-corrected chi connectivity index (χ1v) is 12.1. The molecule has 0 saturated carbocycles. The van der Waals surface area contributed by atoms with Gasteiger partial charge < -0.3 is 18.5 Å². The topological polar surface area (TPSA) is 44.8 Å². The van der Waals surface area contributed by atoms with Crippen molar-refractivity contribution in [1.82, 2.24) is 0 Å². The first-order chi connectivity index (χ1) is 11.0. The summed E-state index contributed by atoms with van der Waals surface area (Å²) in [7, 11) is -2.41. The molecule has 1 aliphatic heterocycles. The Hall–Kier alpha value is -0.428. The van der Waals surface area contributed by atoms with E-state index in [1.54, 1.807) is 0 Å². The summed E-state index contributed by atoms with van der Waals surface area (Å²) >= 11 is 0. The summed E-state index contributed by atoms with van der Waals surface area (Å²) < 4.78 is 18.4. The summed E-state index contributed by atoms with van der Waals surface area (Å²) in [6.45, 7) is 25.6. The summed E-state index contributed by atoms with van der Waals surface area (Å²) in [5.74, 6) is 0. The van der Waals surface area contributed by atoms with Gasteiger partial charge in [0, 0.05) is 12.0 Å². The molecular formula is C19H37BO4Si. The third kappa shape index (κ3) is 4.65. The molecule has 1 unspecified atom stereocenters. The number of carbonyl (C=O) groups is 1. The van der Waals surface area contributed by atoms with Gasteiger partial charge in [0.1, 0.15) is 6.29 Å². The molecule has 4 nitrogen and oxygen atoms in total. The summed E-state index contributed by atoms with van der Waals surface area (Å²) in [5, 5.41) is 0.146. The average molecular weight is 368 g/mol. The number of carbonyl (C=O) groups excluding carboxylic acids is 1. The average Bonchev–Trinajstić information content (AvgIpc) is 2.64. The molecule has 1 atom stereocenters. The van der Waals surface area contributed by atoms with Crippen molar-refractivity contribution in [2.75, 3.05) is 6.61 Å². The van der Waals surface area contributed by atoms with Crippen LogP contribution in [0.25, 0.3) is 0 Å². The lowest BCUT2D eigenvalue weighted by Gasteiger charge is -2.37. The van der Waals surface area contributed by atoms with Crippen LogP contribution < -0.4 is 0 Å². The number of hydrogen-bond acceptors (Lipinski definition) is 4. The van der Waals surface area contributed by atoms with Crippen molar-refractivity contribution in [3.8, 4) is 0 Å². The van der Waals surface area contributed by atoms with Crippen LogP contribution in [0.4, 0.5) is 0 Å². The fourth-order valence-electron chi connectivity index (χ4n) is 2.28. The first kappa shape index (κ1) is 22.6. The highest BCUT2D eigenvalue weighted by Crippen LogP contribution is 2.43. The van der Waals surface area contributed by atoms with E-state index >= 15 is 0 Å². The second-order valence-electron chi connectivity index (χ2n) is 10.0. The van der Waals surface area contributed by atoms with Gasteiger partial charge in [-0.3, -0.25) is 0 Å². The Kier molecular flexibility index (Phi) is 6.29. The van der Waals surface area contributed by atoms with Crippen LogP contribution in [0.2, 0.25) is 18.1 Å². The van der Waals surface area contributed by atoms with Crippen LogP contribution in [0.5, 0.6) is 0 Å². The normalized spacial score (nSPS) is 22.6. The largest absolute Gasteiger partial charge is 0.490 e. The molecule has 0 aromatic heterocycles. The van der Waals surface area contributed by atoms with E-state index < -0.39 is 32.1 Å². The van der Waals surface area contributed by atoms with Gasteiger partial charge in [0.05, 0.1) is 11.2 Å². The third-order valence-electron chi connectivity index (χ3n) is 6.42. The van der Waals surface area contributed by atoms with Gasteiger partial charge in [-0.15, -0.1) is 6.58 Å². The standard InChI is InChI=1S/C19H37BO4Si/c1-15(20-23-17(5,6)18(7,8)24-20)19(9,14-21)12-13-22-25(10,11)16(2,3)4/h14H,1,12-13H2,2-11H3. The van der Waals surface area contributed by atoms with Gasteiger partial charge in [-0.05, 0) is 64.6 Å². The Morgan fingerprint density at radius 1 is 1.12 bits per heavy atom. The molecule has 1 saturated heterocycles. The highest BCUT2D eigenvalue weighted by atomic mass is 28.4. The zero-order chi connectivity index (χ0) is 19.9. The smallest absolute Gasteiger partial charge is 0.417 e. The monoisotopic (exact) mass is 368 g/mol. The molecule has 0 aromatic rings. The van der Waals surface area contributed by atoms with Crippen molar-refractivity contribution < 1.29 is 18.5 Å². The molecule has 0 aliphatic carbocycles. The highest BCUT2D eigenvalue weighted by molar-refractivity contribution is 6.74. The van der Waals surface area contributed by atoms with E-state index in [0.717, 1.165) is 6.29 Å². The third-order valence-corrected chi connectivity index (χ3v) is 11.0. The molecule has 1 fully saturated rings. The lowest BCUT2D eigenvalue weighted by Crippen LogP contribution is -2.42. The van der Waals surface area contributed by atoms with Gasteiger partial charge in [-0.25, -0.2) is 0 Å². The van der Waals surface area contributed by atoms with Crippen LogP contribution in [0.1, 0.15) is 61.8 Å². The summed E-state index contributed by atoms with van der Waals surface area (Å²) in [6, 6.07) is 0. The number of aldehydes is 1. The minimum absolute atomic E-state index is 0.146. The minimum atomic E-state index is -1.84. The Morgan fingerprint density at radius 2 is 1.56 bits per heavy atom. The molecule has 1 aliphatic rings. The van der Waals surface area contributed by atoms with Gasteiger partial charge >= 0.3 is 7.12 Å². The van der Waals surface area contributed by atoms with Crippen molar-refractivity contribution in [2.24, 2.45) is 5.41 Å². The van der Waals surface area contributed by atoms with Crippen molar-refractivity contribution in [2.45, 2.75) is 91.1 Å². The molecule has 1 heterocycles. The van der Waals surface area contributed by atoms with Crippen LogP contribution in [0.15, 0.2) is 12.1 Å². The maximum Gasteiger partial charge on any atom is 0.490 e. The van der Waals surface area contributed by atoms with Crippen LogP contribution in [-0.4, -0.2) is 39.5 Å². The van der Waals surface area contributed by atoms with E-state index in [-0.39, 0.29) is 5.04 Å². The van der Waals surface area contributed by atoms with E-state index in [4.69, 9.17) is 13.7 Å². The molecular weight excluding hydrogens is 331 g/mol. The molecule has 144 valence electrons. The lowest BCUT2D eigenvalue weighted by atomic mass is 9.63. The Bertz CT molecular complexity index is 506. The molecule has 0 radical (unpaired) electrons. The molecule has 6 heteroatoms. The Labute approximate surface area is 156 Å². The van der Waals surface area contributed by atoms with Crippen molar-refractivity contribution in [1.29, 1.82) is 0 Å². The quantitative estimate of drug-likeness (QED) is 0.479. The number of allylic oxidation sites excluding steroid dienone is 1. The van der Waals surface area contributed by atoms with E-state index in [2.05, 4.69) is 40.4 Å². The Balaban J connectivity index is 2.80. The van der Waals surface area contributed by atoms with Gasteiger partial charge in [0.15, 0.2) is 8.32 Å². The van der Waals surface area contributed by atoms with Crippen LogP contribution >= 0.6 is 0 Å². The van der Waals surface area contributed by atoms with Gasteiger partial charge in [-0.2, -0.15) is 0 Å². The highest BCUT2D eigenvalue weighted by Gasteiger charge is 2.54. The minimum Gasteiger partial charge on any atom is -0.417 e. The van der Waals surface area contributed by atoms with E-state index in [1.165, 1.54) is 0 Å². The number of rotatable bonds is 7. The molecule has 0 amide bonds. The number of hydrogen-bond donors (Lipinski definition) is 0. The fourth-order valence-corrected chi connectivity index (χ4v) is 3.33. The van der Waals surface area contributed by atoms with E-state index in [1.807, 2.05) is 34.6 Å². The molecule has 25 heavy (non-hydrogen) atoms. The first-order valence-electron chi connectivity index (χ1n) is 9.14. The van der Waals surface area contributed by atoms with Crippen LogP contribution in [-0.2, 0) is 18.5 Å². The van der Waals surface area contributed by atoms with Crippen LogP contribution in [0.3, 0.4) is 0 Å². The molecule has 0 N–H and O–H groups in total. The van der Waals surface area contributed by atoms with Crippen molar-refractivity contribution >= 4 is 21.7 Å². The van der Waals surface area contributed by atoms with Crippen molar-refractivity contribution in [3.05, 3.63) is 12.1 Å². The zero-order valence-electron chi connectivity index (χ0n) is 17.9. The van der Waals surface area contributed by atoms with Crippen molar-refractivity contribution in [3.63, 3.8) is 0 Å². The zero-order valence-corrected chi connectivity index (χ0v) is 18.9.